The summed E-state index contributed by atoms with van der Waals surface area (Å²) in [5, 5.41) is 8.36. The first kappa shape index (κ1) is 15.2. The molecule has 1 aliphatic heterocycles. The molecule has 21 heavy (non-hydrogen) atoms. The summed E-state index contributed by atoms with van der Waals surface area (Å²) in [6, 6.07) is 5.51. The van der Waals surface area contributed by atoms with Crippen LogP contribution in [0.2, 0.25) is 0 Å². The number of rotatable bonds is 5. The van der Waals surface area contributed by atoms with Gasteiger partial charge in [-0.15, -0.1) is 0 Å². The summed E-state index contributed by atoms with van der Waals surface area (Å²) in [4.78, 5) is 23.0. The molecule has 0 spiro atoms. The van der Waals surface area contributed by atoms with E-state index in [-0.39, 0.29) is 11.9 Å². The first-order chi connectivity index (χ1) is 10.1. The average Bonchev–Trinajstić information content (AvgIpc) is 2.46. The zero-order valence-electron chi connectivity index (χ0n) is 12.4. The Morgan fingerprint density at radius 3 is 2.86 bits per heavy atom. The molecule has 0 saturated heterocycles. The minimum absolute atomic E-state index is 0.142. The zero-order valence-corrected chi connectivity index (χ0v) is 12.4. The summed E-state index contributed by atoms with van der Waals surface area (Å²) >= 11 is 0. The molecule has 0 aromatic heterocycles. The lowest BCUT2D eigenvalue weighted by molar-refractivity contribution is -0.122. The SMILES string of the molecule is CCCNC(=O)NCCc1ccc2c(c1)NC(=O)C(C)O2. The first-order valence-electron chi connectivity index (χ1n) is 7.22. The maximum absolute atomic E-state index is 11.6. The molecule has 6 nitrogen and oxygen atoms in total. The second-order valence-corrected chi connectivity index (χ2v) is 5.01. The number of benzene rings is 1. The van der Waals surface area contributed by atoms with Crippen molar-refractivity contribution in [3.8, 4) is 5.75 Å². The first-order valence-corrected chi connectivity index (χ1v) is 7.22. The monoisotopic (exact) mass is 291 g/mol. The molecule has 1 aliphatic rings. The standard InChI is InChI=1S/C15H21N3O3/c1-3-7-16-15(20)17-8-6-11-4-5-13-12(9-11)18-14(19)10(2)21-13/h4-5,9-10H,3,6-8H2,1-2H3,(H,18,19)(H2,16,17,20). The van der Waals surface area contributed by atoms with Crippen molar-refractivity contribution in [2.24, 2.45) is 0 Å². The van der Waals surface area contributed by atoms with Crippen molar-refractivity contribution in [2.75, 3.05) is 18.4 Å². The summed E-state index contributed by atoms with van der Waals surface area (Å²) in [7, 11) is 0. The highest BCUT2D eigenvalue weighted by Gasteiger charge is 2.23. The molecular formula is C15H21N3O3. The molecule has 3 amide bonds. The van der Waals surface area contributed by atoms with Gasteiger partial charge in [0.2, 0.25) is 0 Å². The fourth-order valence-corrected chi connectivity index (χ4v) is 2.03. The molecule has 1 atom stereocenters. The van der Waals surface area contributed by atoms with Gasteiger partial charge in [0.25, 0.3) is 5.91 Å². The Balaban J connectivity index is 1.87. The van der Waals surface area contributed by atoms with E-state index in [0.717, 1.165) is 12.0 Å². The number of urea groups is 1. The van der Waals surface area contributed by atoms with E-state index in [1.54, 1.807) is 6.92 Å². The number of carbonyl (C=O) groups excluding carboxylic acids is 2. The van der Waals surface area contributed by atoms with E-state index in [2.05, 4.69) is 16.0 Å². The topological polar surface area (TPSA) is 79.5 Å². The summed E-state index contributed by atoms with van der Waals surface area (Å²) in [5.74, 6) is 0.538. The normalized spacial score (nSPS) is 16.5. The van der Waals surface area contributed by atoms with Crippen molar-refractivity contribution in [1.29, 1.82) is 0 Å². The van der Waals surface area contributed by atoms with Crippen molar-refractivity contribution in [2.45, 2.75) is 32.8 Å². The minimum atomic E-state index is -0.465. The van der Waals surface area contributed by atoms with Crippen molar-refractivity contribution in [1.82, 2.24) is 10.6 Å². The van der Waals surface area contributed by atoms with Gasteiger partial charge in [0.05, 0.1) is 5.69 Å². The lowest BCUT2D eigenvalue weighted by atomic mass is 10.1. The molecule has 0 aliphatic carbocycles. The van der Waals surface area contributed by atoms with Crippen LogP contribution in [0.25, 0.3) is 0 Å². The van der Waals surface area contributed by atoms with E-state index in [9.17, 15) is 9.59 Å². The number of hydrogen-bond donors (Lipinski definition) is 3. The summed E-state index contributed by atoms with van der Waals surface area (Å²) < 4.78 is 5.49. The summed E-state index contributed by atoms with van der Waals surface area (Å²) in [6.45, 7) is 4.93. The zero-order chi connectivity index (χ0) is 15.2. The molecule has 6 heteroatoms. The van der Waals surface area contributed by atoms with Gasteiger partial charge in [-0.1, -0.05) is 13.0 Å². The van der Waals surface area contributed by atoms with Crippen LogP contribution < -0.4 is 20.7 Å². The third kappa shape index (κ3) is 4.11. The van der Waals surface area contributed by atoms with Gasteiger partial charge < -0.3 is 20.7 Å². The van der Waals surface area contributed by atoms with Gasteiger partial charge in [0.15, 0.2) is 6.10 Å². The van der Waals surface area contributed by atoms with Crippen LogP contribution in [0, 0.1) is 0 Å². The van der Waals surface area contributed by atoms with Crippen LogP contribution in [0.5, 0.6) is 5.75 Å². The van der Waals surface area contributed by atoms with Gasteiger partial charge in [-0.2, -0.15) is 0 Å². The Hall–Kier alpha value is -2.24. The Kier molecular flexibility index (Phi) is 5.03. The number of hydrogen-bond acceptors (Lipinski definition) is 3. The molecule has 1 unspecified atom stereocenters. The number of nitrogens with one attached hydrogen (secondary N) is 3. The van der Waals surface area contributed by atoms with Gasteiger partial charge in [-0.3, -0.25) is 4.79 Å². The van der Waals surface area contributed by atoms with E-state index in [0.29, 0.717) is 30.9 Å². The van der Waals surface area contributed by atoms with E-state index in [1.807, 2.05) is 25.1 Å². The summed E-state index contributed by atoms with van der Waals surface area (Å²) in [6.07, 6.45) is 1.14. The maximum Gasteiger partial charge on any atom is 0.314 e. The Labute approximate surface area is 124 Å². The number of ether oxygens (including phenoxy) is 1. The van der Waals surface area contributed by atoms with Crippen LogP contribution in [0.1, 0.15) is 25.8 Å². The lowest BCUT2D eigenvalue weighted by Gasteiger charge is -2.23. The minimum Gasteiger partial charge on any atom is -0.479 e. The maximum atomic E-state index is 11.6. The Bertz CT molecular complexity index is 531. The molecule has 2 rings (SSSR count). The number of anilines is 1. The third-order valence-electron chi connectivity index (χ3n) is 3.21. The lowest BCUT2D eigenvalue weighted by Crippen LogP contribution is -2.37. The molecule has 0 radical (unpaired) electrons. The van der Waals surface area contributed by atoms with E-state index < -0.39 is 6.10 Å². The smallest absolute Gasteiger partial charge is 0.314 e. The molecule has 3 N–H and O–H groups in total. The van der Waals surface area contributed by atoms with Gasteiger partial charge in [0, 0.05) is 13.1 Å². The van der Waals surface area contributed by atoms with Gasteiger partial charge in [0.1, 0.15) is 5.75 Å². The fraction of sp³-hybridized carbons (Fsp3) is 0.467. The van der Waals surface area contributed by atoms with Crippen LogP contribution >= 0.6 is 0 Å². The molecule has 1 heterocycles. The number of fused-ring (bicyclic) bond motifs is 1. The largest absolute Gasteiger partial charge is 0.479 e. The van der Waals surface area contributed by atoms with Crippen LogP contribution in [0.15, 0.2) is 18.2 Å². The average molecular weight is 291 g/mol. The highest BCUT2D eigenvalue weighted by atomic mass is 16.5. The second kappa shape index (κ2) is 6.97. The molecule has 114 valence electrons. The van der Waals surface area contributed by atoms with Crippen molar-refractivity contribution < 1.29 is 14.3 Å². The molecular weight excluding hydrogens is 270 g/mol. The molecule has 0 bridgehead atoms. The van der Waals surface area contributed by atoms with Crippen molar-refractivity contribution >= 4 is 17.6 Å². The highest BCUT2D eigenvalue weighted by Crippen LogP contribution is 2.30. The Morgan fingerprint density at radius 2 is 2.10 bits per heavy atom. The van der Waals surface area contributed by atoms with Gasteiger partial charge in [-0.25, -0.2) is 4.79 Å². The van der Waals surface area contributed by atoms with E-state index >= 15 is 0 Å². The number of carbonyl (C=O) groups is 2. The van der Waals surface area contributed by atoms with Gasteiger partial charge in [-0.05, 0) is 37.5 Å². The summed E-state index contributed by atoms with van der Waals surface area (Å²) in [5.41, 5.74) is 1.72. The van der Waals surface area contributed by atoms with Crippen LogP contribution in [0.3, 0.4) is 0 Å². The predicted octanol–water partition coefficient (Wildman–Crippen LogP) is 1.66. The fourth-order valence-electron chi connectivity index (χ4n) is 2.03. The third-order valence-corrected chi connectivity index (χ3v) is 3.21. The molecule has 0 fully saturated rings. The Morgan fingerprint density at radius 1 is 1.33 bits per heavy atom. The van der Waals surface area contributed by atoms with E-state index in [1.165, 1.54) is 0 Å². The molecule has 0 saturated carbocycles. The molecule has 1 aromatic rings. The van der Waals surface area contributed by atoms with Gasteiger partial charge >= 0.3 is 6.03 Å². The van der Waals surface area contributed by atoms with Crippen molar-refractivity contribution in [3.63, 3.8) is 0 Å². The number of amides is 3. The second-order valence-electron chi connectivity index (χ2n) is 5.01. The highest BCUT2D eigenvalue weighted by molar-refractivity contribution is 5.97. The van der Waals surface area contributed by atoms with Crippen LogP contribution in [0.4, 0.5) is 10.5 Å². The predicted molar refractivity (Wildman–Crippen MR) is 80.6 cm³/mol. The molecule has 1 aromatic carbocycles. The van der Waals surface area contributed by atoms with Crippen LogP contribution in [-0.4, -0.2) is 31.1 Å². The quantitative estimate of drug-likeness (QED) is 0.772. The van der Waals surface area contributed by atoms with Crippen molar-refractivity contribution in [3.05, 3.63) is 23.8 Å². The van der Waals surface area contributed by atoms with E-state index in [4.69, 9.17) is 4.74 Å². The van der Waals surface area contributed by atoms with Crippen LogP contribution in [-0.2, 0) is 11.2 Å².